The Hall–Kier alpha value is -2.86. The molecule has 1 spiro atoms. The summed E-state index contributed by atoms with van der Waals surface area (Å²) in [7, 11) is 0. The molecule has 0 bridgehead atoms. The van der Waals surface area contributed by atoms with E-state index >= 15 is 0 Å². The number of fused-ring (bicyclic) bond motifs is 5. The number of hydrogen-bond donors (Lipinski definition) is 0. The van der Waals surface area contributed by atoms with Gasteiger partial charge in [0, 0.05) is 5.41 Å². The molecule has 0 aliphatic heterocycles. The Balaban J connectivity index is 1.83. The highest BCUT2D eigenvalue weighted by Gasteiger charge is 2.49. The van der Waals surface area contributed by atoms with Gasteiger partial charge in [-0.3, -0.25) is 0 Å². The van der Waals surface area contributed by atoms with Gasteiger partial charge < -0.3 is 0 Å². The van der Waals surface area contributed by atoms with Crippen LogP contribution < -0.4 is 0 Å². The van der Waals surface area contributed by atoms with Crippen molar-refractivity contribution in [3.05, 3.63) is 88.0 Å². The molecule has 4 aromatic rings. The van der Waals surface area contributed by atoms with Gasteiger partial charge in [0.25, 0.3) is 0 Å². The summed E-state index contributed by atoms with van der Waals surface area (Å²) in [6.07, 6.45) is 9.84. The molecule has 0 amide bonds. The summed E-state index contributed by atoms with van der Waals surface area (Å²) >= 11 is 0. The summed E-state index contributed by atoms with van der Waals surface area (Å²) in [4.78, 5) is 0. The quantitative estimate of drug-likeness (QED) is 0.298. The molecule has 0 aromatic heterocycles. The van der Waals surface area contributed by atoms with Crippen molar-refractivity contribution in [2.75, 3.05) is 0 Å². The summed E-state index contributed by atoms with van der Waals surface area (Å²) in [5.41, 5.74) is 12.7. The standard InChI is InChI=1S/C29H24/c1-17-19-9-3-5-11-23(19)25-26-24-12-6-4-10-20(24)18(2)22-14-8-16-29(28(22)26)15-7-13-21(17)27(25)29/h3-7,9-13H,8,14-16H2,1-2H3. The largest absolute Gasteiger partial charge is 0.0827 e. The molecule has 1 atom stereocenters. The zero-order valence-electron chi connectivity index (χ0n) is 17.1. The third-order valence-electron chi connectivity index (χ3n) is 8.12. The van der Waals surface area contributed by atoms with Gasteiger partial charge in [0.15, 0.2) is 0 Å². The van der Waals surface area contributed by atoms with Gasteiger partial charge in [-0.2, -0.15) is 0 Å². The van der Waals surface area contributed by atoms with E-state index in [0.717, 1.165) is 6.42 Å². The predicted octanol–water partition coefficient (Wildman–Crippen LogP) is 7.63. The molecule has 0 fully saturated rings. The fourth-order valence-electron chi connectivity index (χ4n) is 6.99. The first-order valence-corrected chi connectivity index (χ1v) is 11.0. The van der Waals surface area contributed by atoms with Crippen molar-refractivity contribution in [3.8, 4) is 11.1 Å². The predicted molar refractivity (Wildman–Crippen MR) is 124 cm³/mol. The summed E-state index contributed by atoms with van der Waals surface area (Å²) in [5.74, 6) is 0. The van der Waals surface area contributed by atoms with E-state index in [1.54, 1.807) is 27.8 Å². The second kappa shape index (κ2) is 5.19. The molecule has 3 aliphatic rings. The van der Waals surface area contributed by atoms with E-state index in [9.17, 15) is 0 Å². The number of aryl methyl sites for hydroxylation is 2. The third-order valence-corrected chi connectivity index (χ3v) is 8.12. The van der Waals surface area contributed by atoms with Crippen LogP contribution in [0.25, 0.3) is 38.7 Å². The average Bonchev–Trinajstić information content (AvgIpc) is 3.08. The number of hydrogen-bond acceptors (Lipinski definition) is 0. The highest BCUT2D eigenvalue weighted by atomic mass is 14.5. The molecule has 0 heteroatoms. The number of rotatable bonds is 0. The highest BCUT2D eigenvalue weighted by Crippen LogP contribution is 2.63. The molecule has 4 aromatic carbocycles. The van der Waals surface area contributed by atoms with Crippen LogP contribution >= 0.6 is 0 Å². The second-order valence-corrected chi connectivity index (χ2v) is 9.28. The molecule has 1 unspecified atom stereocenters. The van der Waals surface area contributed by atoms with E-state index in [1.807, 2.05) is 0 Å². The van der Waals surface area contributed by atoms with Gasteiger partial charge in [-0.1, -0.05) is 60.7 Å². The van der Waals surface area contributed by atoms with Crippen LogP contribution in [-0.2, 0) is 11.8 Å². The van der Waals surface area contributed by atoms with Crippen LogP contribution in [-0.4, -0.2) is 0 Å². The molecule has 140 valence electrons. The summed E-state index contributed by atoms with van der Waals surface area (Å²) < 4.78 is 0. The molecule has 0 radical (unpaired) electrons. The van der Waals surface area contributed by atoms with E-state index in [-0.39, 0.29) is 5.41 Å². The minimum Gasteiger partial charge on any atom is -0.0827 e. The van der Waals surface area contributed by atoms with Crippen molar-refractivity contribution in [1.82, 2.24) is 0 Å². The molecule has 3 aliphatic carbocycles. The average molecular weight is 373 g/mol. The zero-order valence-corrected chi connectivity index (χ0v) is 17.1. The van der Waals surface area contributed by atoms with Crippen molar-refractivity contribution >= 4 is 27.6 Å². The van der Waals surface area contributed by atoms with E-state index in [2.05, 4.69) is 74.5 Å². The number of allylic oxidation sites excluding steroid dienone is 1. The Morgan fingerprint density at radius 2 is 1.34 bits per heavy atom. The minimum absolute atomic E-state index is 0.186. The maximum atomic E-state index is 2.46. The van der Waals surface area contributed by atoms with Crippen molar-refractivity contribution in [2.24, 2.45) is 0 Å². The van der Waals surface area contributed by atoms with Gasteiger partial charge >= 0.3 is 0 Å². The van der Waals surface area contributed by atoms with E-state index in [4.69, 9.17) is 0 Å². The van der Waals surface area contributed by atoms with Gasteiger partial charge in [0.05, 0.1) is 0 Å². The topological polar surface area (TPSA) is 0 Å². The van der Waals surface area contributed by atoms with Crippen molar-refractivity contribution in [3.63, 3.8) is 0 Å². The molecule has 29 heavy (non-hydrogen) atoms. The lowest BCUT2D eigenvalue weighted by Crippen LogP contribution is -2.32. The molecular formula is C29H24. The third kappa shape index (κ3) is 1.69. The van der Waals surface area contributed by atoms with Crippen LogP contribution in [0, 0.1) is 13.8 Å². The van der Waals surface area contributed by atoms with Crippen LogP contribution in [0.4, 0.5) is 0 Å². The molecular weight excluding hydrogens is 348 g/mol. The van der Waals surface area contributed by atoms with Gasteiger partial charge in [-0.25, -0.2) is 0 Å². The van der Waals surface area contributed by atoms with Gasteiger partial charge in [-0.05, 0) is 106 Å². The van der Waals surface area contributed by atoms with Gasteiger partial charge in [-0.15, -0.1) is 0 Å². The smallest absolute Gasteiger partial charge is 0.0259 e. The first-order chi connectivity index (χ1) is 14.2. The van der Waals surface area contributed by atoms with Crippen LogP contribution in [0.3, 0.4) is 0 Å². The molecule has 0 N–H and O–H groups in total. The highest BCUT2D eigenvalue weighted by molar-refractivity contribution is 6.14. The maximum absolute atomic E-state index is 2.46. The Bertz CT molecular complexity index is 1420. The van der Waals surface area contributed by atoms with Crippen molar-refractivity contribution in [2.45, 2.75) is 44.9 Å². The first kappa shape index (κ1) is 16.0. The first-order valence-electron chi connectivity index (χ1n) is 11.0. The monoisotopic (exact) mass is 372 g/mol. The Morgan fingerprint density at radius 3 is 2.07 bits per heavy atom. The van der Waals surface area contributed by atoms with E-state index < -0.39 is 0 Å². The van der Waals surface area contributed by atoms with Crippen LogP contribution in [0.1, 0.15) is 52.6 Å². The van der Waals surface area contributed by atoms with Crippen molar-refractivity contribution in [1.29, 1.82) is 0 Å². The molecule has 7 rings (SSSR count). The Morgan fingerprint density at radius 1 is 0.724 bits per heavy atom. The summed E-state index contributed by atoms with van der Waals surface area (Å²) in [5, 5.41) is 5.77. The van der Waals surface area contributed by atoms with Crippen LogP contribution in [0.5, 0.6) is 0 Å². The van der Waals surface area contributed by atoms with E-state index in [0.29, 0.717) is 0 Å². The zero-order chi connectivity index (χ0) is 19.3. The lowest BCUT2D eigenvalue weighted by atomic mass is 9.63. The summed E-state index contributed by atoms with van der Waals surface area (Å²) in [6, 6.07) is 18.2. The second-order valence-electron chi connectivity index (χ2n) is 9.28. The molecule has 0 heterocycles. The summed E-state index contributed by atoms with van der Waals surface area (Å²) in [6.45, 7) is 4.69. The maximum Gasteiger partial charge on any atom is 0.0259 e. The molecule has 0 nitrogen and oxygen atoms in total. The minimum atomic E-state index is 0.186. The van der Waals surface area contributed by atoms with Crippen molar-refractivity contribution < 1.29 is 0 Å². The SMILES string of the molecule is Cc1c2c3c(c4ccccc14)-c1c4c(c(C)c5ccccc15)CCCC34CC=C2. The lowest BCUT2D eigenvalue weighted by Gasteiger charge is -2.40. The fraction of sp³-hybridized carbons (Fsp3) is 0.241. The lowest BCUT2D eigenvalue weighted by molar-refractivity contribution is 0.438. The molecule has 0 saturated heterocycles. The van der Waals surface area contributed by atoms with Crippen LogP contribution in [0.15, 0.2) is 54.6 Å². The van der Waals surface area contributed by atoms with Gasteiger partial charge in [0.1, 0.15) is 0 Å². The Labute approximate surface area is 171 Å². The molecule has 0 saturated carbocycles. The van der Waals surface area contributed by atoms with E-state index in [1.165, 1.54) is 57.5 Å². The Kier molecular flexibility index (Phi) is 2.86. The normalized spacial score (nSPS) is 20.9. The fourth-order valence-corrected chi connectivity index (χ4v) is 6.99. The van der Waals surface area contributed by atoms with Gasteiger partial charge in [0.2, 0.25) is 0 Å². The number of benzene rings is 4. The van der Waals surface area contributed by atoms with Crippen LogP contribution in [0.2, 0.25) is 0 Å².